The zero-order valence-corrected chi connectivity index (χ0v) is 8.20. The Labute approximate surface area is 95.4 Å². The number of hydrogen-bond donors (Lipinski definition) is 2. The highest BCUT2D eigenvalue weighted by Gasteiger charge is 2.36. The third-order valence-electron chi connectivity index (χ3n) is 1.69. The Kier molecular flexibility index (Phi) is 3.58. The zero-order valence-electron chi connectivity index (χ0n) is 8.20. The first-order valence-corrected chi connectivity index (χ1v) is 4.12. The van der Waals surface area contributed by atoms with Gasteiger partial charge in [0.25, 0.3) is 6.43 Å². The molecule has 0 atom stereocenters. The van der Waals surface area contributed by atoms with E-state index in [9.17, 15) is 26.7 Å². The number of ether oxygens (including phenoxy) is 1. The Balaban J connectivity index is 3.41. The summed E-state index contributed by atoms with van der Waals surface area (Å²) in [6.45, 7) is 0. The summed E-state index contributed by atoms with van der Waals surface area (Å²) in [4.78, 5) is 13.4. The SMILES string of the molecule is O=C(O)c1cnc(C(F)F)c(O)c1OC(F)(F)F. The van der Waals surface area contributed by atoms with Crippen molar-refractivity contribution in [3.8, 4) is 11.5 Å². The number of hydrogen-bond acceptors (Lipinski definition) is 4. The van der Waals surface area contributed by atoms with E-state index in [1.807, 2.05) is 0 Å². The first-order valence-electron chi connectivity index (χ1n) is 4.12. The Bertz CT molecular complexity index is 473. The highest BCUT2D eigenvalue weighted by atomic mass is 19.4. The molecule has 0 saturated carbocycles. The number of carboxylic acids is 1. The second kappa shape index (κ2) is 4.63. The molecule has 5 nitrogen and oxygen atoms in total. The maximum Gasteiger partial charge on any atom is 0.573 e. The van der Waals surface area contributed by atoms with Gasteiger partial charge in [-0.05, 0) is 0 Å². The van der Waals surface area contributed by atoms with Crippen LogP contribution in [0, 0.1) is 0 Å². The van der Waals surface area contributed by atoms with E-state index in [1.165, 1.54) is 0 Å². The molecule has 1 heterocycles. The van der Waals surface area contributed by atoms with Gasteiger partial charge in [0.15, 0.2) is 17.2 Å². The number of aromatic nitrogens is 1. The highest BCUT2D eigenvalue weighted by Crippen LogP contribution is 2.39. The molecule has 1 rings (SSSR count). The second-order valence-corrected chi connectivity index (χ2v) is 2.89. The van der Waals surface area contributed by atoms with Gasteiger partial charge in [-0.15, -0.1) is 13.2 Å². The molecule has 0 bridgehead atoms. The molecule has 0 aliphatic carbocycles. The molecule has 0 aliphatic rings. The summed E-state index contributed by atoms with van der Waals surface area (Å²) in [5.41, 5.74) is -2.59. The number of aromatic hydroxyl groups is 1. The van der Waals surface area contributed by atoms with Gasteiger partial charge in [-0.3, -0.25) is 4.98 Å². The third-order valence-corrected chi connectivity index (χ3v) is 1.69. The van der Waals surface area contributed by atoms with Crippen molar-refractivity contribution < 1.29 is 41.7 Å². The molecule has 0 saturated heterocycles. The van der Waals surface area contributed by atoms with Crippen LogP contribution in [0.2, 0.25) is 0 Å². The minimum absolute atomic E-state index is 0.241. The topological polar surface area (TPSA) is 79.7 Å². The van der Waals surface area contributed by atoms with Gasteiger partial charge >= 0.3 is 12.3 Å². The van der Waals surface area contributed by atoms with Crippen LogP contribution in [0.3, 0.4) is 0 Å². The van der Waals surface area contributed by atoms with E-state index in [4.69, 9.17) is 10.2 Å². The van der Waals surface area contributed by atoms with Crippen molar-refractivity contribution in [1.82, 2.24) is 4.98 Å². The summed E-state index contributed by atoms with van der Waals surface area (Å²) < 4.78 is 63.6. The number of rotatable bonds is 3. The van der Waals surface area contributed by atoms with Crippen molar-refractivity contribution in [2.45, 2.75) is 12.8 Å². The Hall–Kier alpha value is -2.13. The van der Waals surface area contributed by atoms with E-state index >= 15 is 0 Å². The number of halogens is 5. The molecule has 0 aliphatic heterocycles. The summed E-state index contributed by atoms with van der Waals surface area (Å²) in [5.74, 6) is -5.21. The van der Waals surface area contributed by atoms with E-state index in [-0.39, 0.29) is 6.20 Å². The molecule has 18 heavy (non-hydrogen) atoms. The molecular weight excluding hydrogens is 269 g/mol. The largest absolute Gasteiger partial charge is 0.573 e. The van der Waals surface area contributed by atoms with E-state index < -0.39 is 41.5 Å². The average Bonchev–Trinajstić information content (AvgIpc) is 2.17. The van der Waals surface area contributed by atoms with Gasteiger partial charge in [0.05, 0.1) is 0 Å². The summed E-state index contributed by atoms with van der Waals surface area (Å²) >= 11 is 0. The third kappa shape index (κ3) is 2.96. The molecule has 0 radical (unpaired) electrons. The highest BCUT2D eigenvalue weighted by molar-refractivity contribution is 5.91. The lowest BCUT2D eigenvalue weighted by Crippen LogP contribution is -2.19. The van der Waals surface area contributed by atoms with Crippen LogP contribution in [0.25, 0.3) is 0 Å². The first kappa shape index (κ1) is 13.9. The number of aromatic carboxylic acids is 1. The van der Waals surface area contributed by atoms with Crippen LogP contribution in [0.5, 0.6) is 11.5 Å². The number of carboxylic acid groups (broad SMARTS) is 1. The van der Waals surface area contributed by atoms with Crippen LogP contribution in [0.4, 0.5) is 22.0 Å². The minimum Gasteiger partial charge on any atom is -0.503 e. The van der Waals surface area contributed by atoms with Crippen molar-refractivity contribution in [2.24, 2.45) is 0 Å². The summed E-state index contributed by atoms with van der Waals surface area (Å²) in [6, 6.07) is 0. The molecular formula is C8H4F5NO4. The van der Waals surface area contributed by atoms with Gasteiger partial charge in [0.1, 0.15) is 5.56 Å². The van der Waals surface area contributed by atoms with Gasteiger partial charge in [-0.1, -0.05) is 0 Å². The molecule has 0 spiro atoms. The maximum atomic E-state index is 12.3. The molecule has 1 aromatic rings. The fourth-order valence-corrected chi connectivity index (χ4v) is 1.03. The zero-order chi connectivity index (χ0) is 14.1. The number of alkyl halides is 5. The Morgan fingerprint density at radius 1 is 1.39 bits per heavy atom. The van der Waals surface area contributed by atoms with Crippen molar-refractivity contribution in [2.75, 3.05) is 0 Å². The average molecular weight is 273 g/mol. The summed E-state index contributed by atoms with van der Waals surface area (Å²) in [5, 5.41) is 17.7. The van der Waals surface area contributed by atoms with Crippen LogP contribution in [-0.4, -0.2) is 27.5 Å². The Morgan fingerprint density at radius 3 is 2.33 bits per heavy atom. The van der Waals surface area contributed by atoms with Gasteiger partial charge < -0.3 is 14.9 Å². The molecule has 0 amide bonds. The van der Waals surface area contributed by atoms with Gasteiger partial charge in [0, 0.05) is 6.20 Å². The summed E-state index contributed by atoms with van der Waals surface area (Å²) in [6.07, 6.45) is -8.49. The predicted molar refractivity (Wildman–Crippen MR) is 44.5 cm³/mol. The molecule has 0 unspecified atom stereocenters. The first-order chi connectivity index (χ1) is 8.13. The lowest BCUT2D eigenvalue weighted by atomic mass is 10.2. The van der Waals surface area contributed by atoms with Crippen LogP contribution in [0.15, 0.2) is 6.20 Å². The Morgan fingerprint density at radius 2 is 1.94 bits per heavy atom. The molecule has 2 N–H and O–H groups in total. The summed E-state index contributed by atoms with van der Waals surface area (Å²) in [7, 11) is 0. The van der Waals surface area contributed by atoms with Crippen LogP contribution in [-0.2, 0) is 0 Å². The van der Waals surface area contributed by atoms with Gasteiger partial charge in [-0.25, -0.2) is 13.6 Å². The van der Waals surface area contributed by atoms with E-state index in [2.05, 4.69) is 9.72 Å². The normalized spacial score (nSPS) is 11.7. The van der Waals surface area contributed by atoms with Crippen molar-refractivity contribution in [3.05, 3.63) is 17.5 Å². The lowest BCUT2D eigenvalue weighted by molar-refractivity contribution is -0.275. The fraction of sp³-hybridized carbons (Fsp3) is 0.250. The minimum atomic E-state index is -5.34. The number of pyridine rings is 1. The van der Waals surface area contributed by atoms with E-state index in [0.29, 0.717) is 0 Å². The molecule has 10 heteroatoms. The van der Waals surface area contributed by atoms with Crippen molar-refractivity contribution >= 4 is 5.97 Å². The van der Waals surface area contributed by atoms with E-state index in [1.54, 1.807) is 0 Å². The van der Waals surface area contributed by atoms with Crippen LogP contribution < -0.4 is 4.74 Å². The lowest BCUT2D eigenvalue weighted by Gasteiger charge is -2.14. The molecule has 100 valence electrons. The van der Waals surface area contributed by atoms with E-state index in [0.717, 1.165) is 0 Å². The molecule has 0 fully saturated rings. The van der Waals surface area contributed by atoms with Crippen LogP contribution >= 0.6 is 0 Å². The quantitative estimate of drug-likeness (QED) is 0.826. The van der Waals surface area contributed by atoms with Crippen molar-refractivity contribution in [3.63, 3.8) is 0 Å². The predicted octanol–water partition coefficient (Wildman–Crippen LogP) is 2.32. The fourth-order valence-electron chi connectivity index (χ4n) is 1.03. The monoisotopic (exact) mass is 273 g/mol. The van der Waals surface area contributed by atoms with Gasteiger partial charge in [0.2, 0.25) is 0 Å². The standard InChI is InChI=1S/C8H4F5NO4/c9-6(10)3-4(15)5(18-8(11,12)13)2(1-14-3)7(16)17/h1,6,15H,(H,16,17). The van der Waals surface area contributed by atoms with Crippen LogP contribution in [0.1, 0.15) is 22.5 Å². The second-order valence-electron chi connectivity index (χ2n) is 2.89. The molecule has 1 aromatic heterocycles. The molecule has 0 aromatic carbocycles. The number of nitrogens with zero attached hydrogens (tertiary/aromatic N) is 1. The number of carbonyl (C=O) groups is 1. The maximum absolute atomic E-state index is 12.3. The van der Waals surface area contributed by atoms with Gasteiger partial charge in [-0.2, -0.15) is 0 Å². The van der Waals surface area contributed by atoms with Crippen molar-refractivity contribution in [1.29, 1.82) is 0 Å². The smallest absolute Gasteiger partial charge is 0.503 e.